The number of rotatable bonds is 5. The third-order valence-electron chi connectivity index (χ3n) is 3.45. The highest BCUT2D eigenvalue weighted by Gasteiger charge is 2.16. The molecule has 0 fully saturated rings. The Morgan fingerprint density at radius 1 is 1.18 bits per heavy atom. The molecule has 0 aliphatic carbocycles. The van der Waals surface area contributed by atoms with Gasteiger partial charge in [-0.2, -0.15) is 0 Å². The van der Waals surface area contributed by atoms with Gasteiger partial charge in [-0.05, 0) is 42.3 Å². The van der Waals surface area contributed by atoms with E-state index in [0.29, 0.717) is 11.5 Å². The summed E-state index contributed by atoms with van der Waals surface area (Å²) in [5.41, 5.74) is 8.54. The number of carboxylic acids is 1. The zero-order valence-electron chi connectivity index (χ0n) is 12.8. The van der Waals surface area contributed by atoms with E-state index in [-0.39, 0.29) is 11.6 Å². The second-order valence-corrected chi connectivity index (χ2v) is 4.98. The van der Waals surface area contributed by atoms with Crippen LogP contribution >= 0.6 is 0 Å². The monoisotopic (exact) mass is 301 g/mol. The van der Waals surface area contributed by atoms with Crippen LogP contribution in [0.1, 0.15) is 28.9 Å². The van der Waals surface area contributed by atoms with Crippen LogP contribution in [0.25, 0.3) is 11.1 Å². The van der Waals surface area contributed by atoms with Gasteiger partial charge in [0.1, 0.15) is 0 Å². The van der Waals surface area contributed by atoms with E-state index in [1.54, 1.807) is 32.4 Å². The molecule has 0 aromatic heterocycles. The van der Waals surface area contributed by atoms with Crippen molar-refractivity contribution in [2.75, 3.05) is 14.2 Å². The van der Waals surface area contributed by atoms with Crippen molar-refractivity contribution in [1.29, 1.82) is 0 Å². The number of hydrogen-bond donors (Lipinski definition) is 2. The normalized spacial score (nSPS) is 11.8. The number of ether oxygens (including phenoxy) is 2. The lowest BCUT2D eigenvalue weighted by Gasteiger charge is -2.17. The summed E-state index contributed by atoms with van der Waals surface area (Å²) in [6.07, 6.45) is 0. The van der Waals surface area contributed by atoms with Crippen molar-refractivity contribution in [2.45, 2.75) is 13.0 Å². The molecule has 0 saturated carbocycles. The molecule has 5 heteroatoms. The molecular formula is C17H19NO4. The van der Waals surface area contributed by atoms with Crippen LogP contribution in [0.5, 0.6) is 11.5 Å². The largest absolute Gasteiger partial charge is 0.493 e. The standard InChI is InChI=1S/C17H19NO4/c1-10(18)13-8-14(16(22-3)15(9-13)21-2)11-5-4-6-12(7-11)17(19)20/h4-10H,18H2,1-3H3,(H,19,20). The molecule has 22 heavy (non-hydrogen) atoms. The van der Waals surface area contributed by atoms with Crippen LogP contribution in [0.15, 0.2) is 36.4 Å². The summed E-state index contributed by atoms with van der Waals surface area (Å²) >= 11 is 0. The molecule has 1 atom stereocenters. The van der Waals surface area contributed by atoms with Crippen LogP contribution in [0.4, 0.5) is 0 Å². The Morgan fingerprint density at radius 2 is 1.91 bits per heavy atom. The molecule has 2 aromatic rings. The van der Waals surface area contributed by atoms with E-state index in [1.807, 2.05) is 25.1 Å². The second-order valence-electron chi connectivity index (χ2n) is 4.98. The van der Waals surface area contributed by atoms with Gasteiger partial charge in [-0.1, -0.05) is 12.1 Å². The molecule has 3 N–H and O–H groups in total. The Bertz CT molecular complexity index is 695. The average molecular weight is 301 g/mol. The average Bonchev–Trinajstić information content (AvgIpc) is 2.53. The van der Waals surface area contributed by atoms with Crippen molar-refractivity contribution in [2.24, 2.45) is 5.73 Å². The third-order valence-corrected chi connectivity index (χ3v) is 3.45. The molecule has 0 radical (unpaired) electrons. The Labute approximate surface area is 129 Å². The molecule has 2 rings (SSSR count). The molecule has 0 aliphatic rings. The van der Waals surface area contributed by atoms with Crippen LogP contribution in [-0.4, -0.2) is 25.3 Å². The first-order valence-corrected chi connectivity index (χ1v) is 6.83. The van der Waals surface area contributed by atoms with Gasteiger partial charge in [0.15, 0.2) is 11.5 Å². The summed E-state index contributed by atoms with van der Waals surface area (Å²) in [5, 5.41) is 9.15. The summed E-state index contributed by atoms with van der Waals surface area (Å²) in [6, 6.07) is 10.2. The van der Waals surface area contributed by atoms with Gasteiger partial charge < -0.3 is 20.3 Å². The van der Waals surface area contributed by atoms with Gasteiger partial charge in [-0.3, -0.25) is 0 Å². The lowest BCUT2D eigenvalue weighted by atomic mass is 9.97. The molecule has 2 aromatic carbocycles. The number of carbonyl (C=O) groups is 1. The van der Waals surface area contributed by atoms with Gasteiger partial charge in [-0.15, -0.1) is 0 Å². The van der Waals surface area contributed by atoms with E-state index in [2.05, 4.69) is 0 Å². The van der Waals surface area contributed by atoms with E-state index in [0.717, 1.165) is 16.7 Å². The number of carboxylic acid groups (broad SMARTS) is 1. The van der Waals surface area contributed by atoms with E-state index in [4.69, 9.17) is 20.3 Å². The number of methoxy groups -OCH3 is 2. The first kappa shape index (κ1) is 15.9. The van der Waals surface area contributed by atoms with Gasteiger partial charge in [0.05, 0.1) is 19.8 Å². The molecule has 5 nitrogen and oxygen atoms in total. The van der Waals surface area contributed by atoms with Crippen molar-refractivity contribution >= 4 is 5.97 Å². The summed E-state index contributed by atoms with van der Waals surface area (Å²) in [5.74, 6) is 0.138. The van der Waals surface area contributed by atoms with Gasteiger partial charge in [0.25, 0.3) is 0 Å². The van der Waals surface area contributed by atoms with Crippen LogP contribution in [0, 0.1) is 0 Å². The van der Waals surface area contributed by atoms with Crippen LogP contribution in [-0.2, 0) is 0 Å². The first-order chi connectivity index (χ1) is 10.5. The zero-order chi connectivity index (χ0) is 16.3. The van der Waals surface area contributed by atoms with Crippen LogP contribution in [0.3, 0.4) is 0 Å². The molecule has 1 unspecified atom stereocenters. The Hall–Kier alpha value is -2.53. The van der Waals surface area contributed by atoms with Gasteiger partial charge in [-0.25, -0.2) is 4.79 Å². The third kappa shape index (κ3) is 3.04. The molecular weight excluding hydrogens is 282 g/mol. The Morgan fingerprint density at radius 3 is 2.45 bits per heavy atom. The first-order valence-electron chi connectivity index (χ1n) is 6.83. The van der Waals surface area contributed by atoms with Gasteiger partial charge in [0.2, 0.25) is 0 Å². The molecule has 0 heterocycles. The topological polar surface area (TPSA) is 81.8 Å². The summed E-state index contributed by atoms with van der Waals surface area (Å²) in [4.78, 5) is 11.2. The number of nitrogens with two attached hydrogens (primary N) is 1. The highest BCUT2D eigenvalue weighted by Crippen LogP contribution is 2.40. The molecule has 0 saturated heterocycles. The van der Waals surface area contributed by atoms with Crippen LogP contribution in [0.2, 0.25) is 0 Å². The van der Waals surface area contributed by atoms with Crippen molar-refractivity contribution in [3.63, 3.8) is 0 Å². The SMILES string of the molecule is COc1cc(C(C)N)cc(-c2cccc(C(=O)O)c2)c1OC. The minimum absolute atomic E-state index is 0.179. The lowest BCUT2D eigenvalue weighted by molar-refractivity contribution is 0.0697. The number of benzene rings is 2. The summed E-state index contributed by atoms with van der Waals surface area (Å²) in [6.45, 7) is 1.87. The van der Waals surface area contributed by atoms with E-state index in [9.17, 15) is 4.79 Å². The second kappa shape index (κ2) is 6.49. The predicted molar refractivity (Wildman–Crippen MR) is 84.5 cm³/mol. The fraction of sp³-hybridized carbons (Fsp3) is 0.235. The smallest absolute Gasteiger partial charge is 0.335 e. The maximum atomic E-state index is 11.2. The highest BCUT2D eigenvalue weighted by atomic mass is 16.5. The zero-order valence-corrected chi connectivity index (χ0v) is 12.8. The molecule has 0 aliphatic heterocycles. The van der Waals surface area contributed by atoms with Crippen molar-refractivity contribution < 1.29 is 19.4 Å². The van der Waals surface area contributed by atoms with Gasteiger partial charge in [0, 0.05) is 11.6 Å². The molecule has 116 valence electrons. The predicted octanol–water partition coefficient (Wildman–Crippen LogP) is 3.09. The summed E-state index contributed by atoms with van der Waals surface area (Å²) in [7, 11) is 3.11. The minimum atomic E-state index is -0.976. The van der Waals surface area contributed by atoms with Crippen molar-refractivity contribution in [3.05, 3.63) is 47.5 Å². The lowest BCUT2D eigenvalue weighted by Crippen LogP contribution is -2.06. The Kier molecular flexibility index (Phi) is 4.68. The fourth-order valence-corrected chi connectivity index (χ4v) is 2.28. The number of aromatic carboxylic acids is 1. The maximum Gasteiger partial charge on any atom is 0.335 e. The van der Waals surface area contributed by atoms with E-state index < -0.39 is 5.97 Å². The fourth-order valence-electron chi connectivity index (χ4n) is 2.28. The van der Waals surface area contributed by atoms with Crippen molar-refractivity contribution in [3.8, 4) is 22.6 Å². The van der Waals surface area contributed by atoms with E-state index >= 15 is 0 Å². The number of hydrogen-bond acceptors (Lipinski definition) is 4. The maximum absolute atomic E-state index is 11.2. The molecule has 0 bridgehead atoms. The van der Waals surface area contributed by atoms with Crippen molar-refractivity contribution in [1.82, 2.24) is 0 Å². The molecule has 0 amide bonds. The van der Waals surface area contributed by atoms with Crippen LogP contribution < -0.4 is 15.2 Å². The quantitative estimate of drug-likeness (QED) is 0.887. The minimum Gasteiger partial charge on any atom is -0.493 e. The highest BCUT2D eigenvalue weighted by molar-refractivity contribution is 5.90. The Balaban J connectivity index is 2.69. The molecule has 0 spiro atoms. The van der Waals surface area contributed by atoms with E-state index in [1.165, 1.54) is 0 Å². The summed E-state index contributed by atoms with van der Waals surface area (Å²) < 4.78 is 10.8. The van der Waals surface area contributed by atoms with Gasteiger partial charge >= 0.3 is 5.97 Å².